The van der Waals surface area contributed by atoms with Crippen molar-refractivity contribution in [3.63, 3.8) is 0 Å². The minimum atomic E-state index is 0.424. The van der Waals surface area contributed by atoms with Gasteiger partial charge in [0.15, 0.2) is 0 Å². The van der Waals surface area contributed by atoms with Gasteiger partial charge in [-0.1, -0.05) is 30.3 Å². The molecule has 1 saturated heterocycles. The van der Waals surface area contributed by atoms with Gasteiger partial charge in [0.1, 0.15) is 11.6 Å². The van der Waals surface area contributed by atoms with Crippen molar-refractivity contribution in [2.45, 2.75) is 44.8 Å². The van der Waals surface area contributed by atoms with Gasteiger partial charge in [0.2, 0.25) is 0 Å². The van der Waals surface area contributed by atoms with E-state index in [1.165, 1.54) is 40.4 Å². The molecule has 4 heteroatoms. The summed E-state index contributed by atoms with van der Waals surface area (Å²) in [6, 6.07) is 13.8. The van der Waals surface area contributed by atoms with Gasteiger partial charge >= 0.3 is 0 Å². The predicted octanol–water partition coefficient (Wildman–Crippen LogP) is 4.21. The second kappa shape index (κ2) is 6.06. The number of methoxy groups -OCH3 is 1. The first-order valence-corrected chi connectivity index (χ1v) is 9.37. The van der Waals surface area contributed by atoms with E-state index in [0.29, 0.717) is 12.1 Å². The molecule has 2 aliphatic heterocycles. The molecule has 2 atom stereocenters. The molecule has 0 radical (unpaired) electrons. The quantitative estimate of drug-likeness (QED) is 0.713. The fraction of sp³-hybridized carbons (Fsp3) is 0.364. The van der Waals surface area contributed by atoms with Gasteiger partial charge in [-0.05, 0) is 36.6 Å². The van der Waals surface area contributed by atoms with Crippen LogP contribution in [0.25, 0.3) is 10.8 Å². The number of benzene rings is 2. The van der Waals surface area contributed by atoms with E-state index in [4.69, 9.17) is 9.72 Å². The maximum Gasteiger partial charge on any atom is 0.125 e. The summed E-state index contributed by atoms with van der Waals surface area (Å²) in [5.41, 5.74) is 3.87. The summed E-state index contributed by atoms with van der Waals surface area (Å²) in [6.45, 7) is 2.89. The Kier molecular flexibility index (Phi) is 3.68. The Morgan fingerprint density at radius 1 is 1.15 bits per heavy atom. The average Bonchev–Trinajstić information content (AvgIpc) is 2.94. The van der Waals surface area contributed by atoms with Crippen molar-refractivity contribution in [2.75, 3.05) is 7.11 Å². The van der Waals surface area contributed by atoms with Crippen molar-refractivity contribution in [1.82, 2.24) is 14.9 Å². The molecular formula is C22H23N3O. The molecule has 2 aliphatic rings. The van der Waals surface area contributed by atoms with Crippen molar-refractivity contribution in [3.05, 3.63) is 65.2 Å². The van der Waals surface area contributed by atoms with Crippen molar-refractivity contribution in [1.29, 1.82) is 0 Å². The summed E-state index contributed by atoms with van der Waals surface area (Å²) in [6.07, 6.45) is 5.50. The topological polar surface area (TPSA) is 38.2 Å². The molecule has 0 spiro atoms. The molecule has 2 bridgehead atoms. The first-order chi connectivity index (χ1) is 12.7. The van der Waals surface area contributed by atoms with Gasteiger partial charge in [-0.25, -0.2) is 9.97 Å². The Balaban J connectivity index is 1.57. The Bertz CT molecular complexity index is 984. The molecule has 5 rings (SSSR count). The summed E-state index contributed by atoms with van der Waals surface area (Å²) in [7, 11) is 1.77. The number of hydrogen-bond acceptors (Lipinski definition) is 4. The zero-order valence-electron chi connectivity index (χ0n) is 15.3. The van der Waals surface area contributed by atoms with Gasteiger partial charge < -0.3 is 4.74 Å². The van der Waals surface area contributed by atoms with Gasteiger partial charge in [0, 0.05) is 42.4 Å². The fourth-order valence-electron chi connectivity index (χ4n) is 4.77. The lowest BCUT2D eigenvalue weighted by molar-refractivity contribution is 0.165. The van der Waals surface area contributed by atoms with Crippen LogP contribution in [-0.2, 0) is 13.0 Å². The van der Waals surface area contributed by atoms with Crippen LogP contribution in [0.5, 0.6) is 5.75 Å². The van der Waals surface area contributed by atoms with E-state index in [1.807, 2.05) is 6.92 Å². The normalized spacial score (nSPS) is 21.8. The Hall–Kier alpha value is -2.46. The van der Waals surface area contributed by atoms with E-state index in [2.05, 4.69) is 52.5 Å². The molecule has 0 unspecified atom stereocenters. The standard InChI is InChI=1S/C22H23N3O/c1-14-23-12-18-20(24-14)11-16-8-9-21(18)25(16)13-19-17-6-4-3-5-15(17)7-10-22(19)26-2/h3-7,10,12,16,21H,8-9,11,13H2,1-2H3/t16-,21-/m0/s1. The van der Waals surface area contributed by atoms with Crippen molar-refractivity contribution < 1.29 is 4.74 Å². The minimum Gasteiger partial charge on any atom is -0.496 e. The van der Waals surface area contributed by atoms with E-state index in [9.17, 15) is 0 Å². The highest BCUT2D eigenvalue weighted by molar-refractivity contribution is 5.87. The van der Waals surface area contributed by atoms with Crippen LogP contribution in [-0.4, -0.2) is 28.0 Å². The number of aromatic nitrogens is 2. The van der Waals surface area contributed by atoms with E-state index in [-0.39, 0.29) is 0 Å². The van der Waals surface area contributed by atoms with Crippen LogP contribution in [0.1, 0.15) is 41.5 Å². The van der Waals surface area contributed by atoms with Crippen molar-refractivity contribution >= 4 is 10.8 Å². The predicted molar refractivity (Wildman–Crippen MR) is 102 cm³/mol. The van der Waals surface area contributed by atoms with Crippen molar-refractivity contribution in [3.8, 4) is 5.75 Å². The fourth-order valence-corrected chi connectivity index (χ4v) is 4.77. The molecule has 0 saturated carbocycles. The first-order valence-electron chi connectivity index (χ1n) is 9.37. The number of nitrogens with zero attached hydrogens (tertiary/aromatic N) is 3. The number of fused-ring (bicyclic) bond motifs is 5. The van der Waals surface area contributed by atoms with E-state index >= 15 is 0 Å². The van der Waals surface area contributed by atoms with Crippen LogP contribution in [0.15, 0.2) is 42.6 Å². The van der Waals surface area contributed by atoms with Crippen LogP contribution >= 0.6 is 0 Å². The number of hydrogen-bond donors (Lipinski definition) is 0. The maximum absolute atomic E-state index is 5.72. The van der Waals surface area contributed by atoms with Gasteiger partial charge in [-0.15, -0.1) is 0 Å². The molecule has 1 aromatic heterocycles. The Morgan fingerprint density at radius 3 is 2.92 bits per heavy atom. The zero-order valence-corrected chi connectivity index (χ0v) is 15.3. The second-order valence-corrected chi connectivity index (χ2v) is 7.41. The summed E-state index contributed by atoms with van der Waals surface area (Å²) in [5.74, 6) is 1.86. The lowest BCUT2D eigenvalue weighted by Gasteiger charge is -2.36. The molecular weight excluding hydrogens is 322 g/mol. The number of rotatable bonds is 3. The van der Waals surface area contributed by atoms with Gasteiger partial charge in [0.25, 0.3) is 0 Å². The van der Waals surface area contributed by atoms with Crippen LogP contribution in [0.2, 0.25) is 0 Å². The van der Waals surface area contributed by atoms with Crippen LogP contribution in [0.3, 0.4) is 0 Å². The molecule has 132 valence electrons. The molecule has 26 heavy (non-hydrogen) atoms. The third-order valence-corrected chi connectivity index (χ3v) is 6.01. The molecule has 1 fully saturated rings. The Labute approximate surface area is 153 Å². The van der Waals surface area contributed by atoms with Crippen LogP contribution in [0.4, 0.5) is 0 Å². The lowest BCUT2D eigenvalue weighted by Crippen LogP contribution is -2.37. The number of aryl methyl sites for hydroxylation is 1. The zero-order chi connectivity index (χ0) is 17.7. The smallest absolute Gasteiger partial charge is 0.125 e. The van der Waals surface area contributed by atoms with Gasteiger partial charge in [0.05, 0.1) is 12.8 Å². The van der Waals surface area contributed by atoms with Gasteiger partial charge in [-0.2, -0.15) is 0 Å². The lowest BCUT2D eigenvalue weighted by atomic mass is 9.96. The summed E-state index contributed by atoms with van der Waals surface area (Å²) in [4.78, 5) is 11.8. The molecule has 3 heterocycles. The largest absolute Gasteiger partial charge is 0.496 e. The van der Waals surface area contributed by atoms with Crippen LogP contribution in [0, 0.1) is 6.92 Å². The highest BCUT2D eigenvalue weighted by Crippen LogP contribution is 2.45. The SMILES string of the molecule is COc1ccc2ccccc2c1CN1[C@H]2CC[C@H]1c1cnc(C)nc1C2. The first kappa shape index (κ1) is 15.8. The highest BCUT2D eigenvalue weighted by atomic mass is 16.5. The van der Waals surface area contributed by atoms with E-state index < -0.39 is 0 Å². The maximum atomic E-state index is 5.72. The average molecular weight is 345 g/mol. The summed E-state index contributed by atoms with van der Waals surface area (Å²) >= 11 is 0. The second-order valence-electron chi connectivity index (χ2n) is 7.41. The molecule has 0 N–H and O–H groups in total. The minimum absolute atomic E-state index is 0.424. The third kappa shape index (κ3) is 2.40. The Morgan fingerprint density at radius 2 is 2.04 bits per heavy atom. The summed E-state index contributed by atoms with van der Waals surface area (Å²) < 4.78 is 5.72. The number of ether oxygens (including phenoxy) is 1. The van der Waals surface area contributed by atoms with Crippen molar-refractivity contribution in [2.24, 2.45) is 0 Å². The molecule has 4 nitrogen and oxygen atoms in total. The third-order valence-electron chi connectivity index (χ3n) is 6.01. The molecule has 2 aromatic carbocycles. The summed E-state index contributed by atoms with van der Waals surface area (Å²) in [5, 5.41) is 2.56. The highest BCUT2D eigenvalue weighted by Gasteiger charge is 2.41. The van der Waals surface area contributed by atoms with Gasteiger partial charge in [-0.3, -0.25) is 4.90 Å². The molecule has 0 aliphatic carbocycles. The van der Waals surface area contributed by atoms with E-state index in [0.717, 1.165) is 24.5 Å². The molecule has 3 aromatic rings. The van der Waals surface area contributed by atoms with Crippen LogP contribution < -0.4 is 4.74 Å². The monoisotopic (exact) mass is 345 g/mol. The van der Waals surface area contributed by atoms with E-state index in [1.54, 1.807) is 7.11 Å². The molecule has 0 amide bonds.